The molecule has 0 radical (unpaired) electrons. The average Bonchev–Trinajstić information content (AvgIpc) is 3.11. The summed E-state index contributed by atoms with van der Waals surface area (Å²) < 4.78 is 3.20. The first-order valence-electron chi connectivity index (χ1n) is 7.59. The van der Waals surface area contributed by atoms with Crippen LogP contribution in [-0.2, 0) is 0 Å². The van der Waals surface area contributed by atoms with Gasteiger partial charge in [0.05, 0.1) is 16.0 Å². The van der Waals surface area contributed by atoms with Gasteiger partial charge in [0, 0.05) is 5.56 Å². The van der Waals surface area contributed by atoms with Gasteiger partial charge in [-0.05, 0) is 31.5 Å². The van der Waals surface area contributed by atoms with Crippen LogP contribution in [0.1, 0.15) is 21.5 Å². The molecule has 0 aliphatic heterocycles. The van der Waals surface area contributed by atoms with Gasteiger partial charge in [0.25, 0.3) is 0 Å². The second-order valence-corrected chi connectivity index (χ2v) is 7.65. The van der Waals surface area contributed by atoms with E-state index in [1.54, 1.807) is 11.3 Å². The number of carbonyl (C=O) groups excluding carboxylic acids is 1. The Labute approximate surface area is 147 Å². The number of thioether (sulfide) groups is 1. The highest BCUT2D eigenvalue weighted by atomic mass is 32.2. The lowest BCUT2D eigenvalue weighted by atomic mass is 10.0. The Morgan fingerprint density at radius 3 is 2.83 bits per heavy atom. The Kier molecular flexibility index (Phi) is 3.86. The molecule has 0 unspecified atom stereocenters. The first-order chi connectivity index (χ1) is 11.6. The molecule has 0 fully saturated rings. The number of hydrogen-bond donors (Lipinski definition) is 0. The molecule has 2 heterocycles. The van der Waals surface area contributed by atoms with Crippen molar-refractivity contribution in [2.45, 2.75) is 19.0 Å². The molecule has 4 rings (SSSR count). The lowest BCUT2D eigenvalue weighted by molar-refractivity contribution is 0.102. The van der Waals surface area contributed by atoms with Crippen molar-refractivity contribution in [3.05, 3.63) is 59.2 Å². The maximum Gasteiger partial charge on any atom is 0.217 e. The standard InChI is InChI=1S/C18H15N3OS2/c1-11-7-8-13(12(2)9-11)15(22)10-23-17-19-20-18-21(17)14-5-3-4-6-16(14)24-18/h3-9H,10H2,1-2H3. The minimum absolute atomic E-state index is 0.119. The lowest BCUT2D eigenvalue weighted by Crippen LogP contribution is -2.05. The van der Waals surface area contributed by atoms with Gasteiger partial charge < -0.3 is 0 Å². The number of carbonyl (C=O) groups is 1. The van der Waals surface area contributed by atoms with Crippen molar-refractivity contribution in [3.8, 4) is 0 Å². The molecule has 0 saturated heterocycles. The Morgan fingerprint density at radius 1 is 1.17 bits per heavy atom. The summed E-state index contributed by atoms with van der Waals surface area (Å²) in [7, 11) is 0. The molecule has 0 atom stereocenters. The summed E-state index contributed by atoms with van der Waals surface area (Å²) in [6.45, 7) is 4.01. The van der Waals surface area contributed by atoms with Gasteiger partial charge in [-0.2, -0.15) is 0 Å². The molecule has 0 bridgehead atoms. The molecular weight excluding hydrogens is 338 g/mol. The number of rotatable bonds is 4. The Hall–Kier alpha value is -2.18. The predicted octanol–water partition coefficient (Wildman–Crippen LogP) is 4.54. The van der Waals surface area contributed by atoms with Crippen LogP contribution in [0.3, 0.4) is 0 Å². The van der Waals surface area contributed by atoms with E-state index in [2.05, 4.69) is 22.3 Å². The second kappa shape index (κ2) is 6.03. The van der Waals surface area contributed by atoms with Gasteiger partial charge in [0.1, 0.15) is 0 Å². The normalized spacial score (nSPS) is 11.4. The fraction of sp³-hybridized carbons (Fsp3) is 0.167. The topological polar surface area (TPSA) is 47.3 Å². The molecule has 0 aliphatic carbocycles. The van der Waals surface area contributed by atoms with Crippen molar-refractivity contribution in [2.75, 3.05) is 5.75 Å². The van der Waals surface area contributed by atoms with Crippen LogP contribution in [0.5, 0.6) is 0 Å². The molecular formula is C18H15N3OS2. The molecule has 2 aromatic heterocycles. The largest absolute Gasteiger partial charge is 0.293 e. The summed E-state index contributed by atoms with van der Waals surface area (Å²) in [5.74, 6) is 0.475. The van der Waals surface area contributed by atoms with Gasteiger partial charge in [0.2, 0.25) is 4.96 Å². The molecule has 0 saturated carbocycles. The van der Waals surface area contributed by atoms with Gasteiger partial charge in [-0.15, -0.1) is 10.2 Å². The number of hydrogen-bond acceptors (Lipinski definition) is 5. The van der Waals surface area contributed by atoms with E-state index in [9.17, 15) is 4.79 Å². The van der Waals surface area contributed by atoms with E-state index in [1.807, 2.05) is 48.6 Å². The molecule has 6 heteroatoms. The van der Waals surface area contributed by atoms with Crippen LogP contribution in [-0.4, -0.2) is 26.1 Å². The number of fused-ring (bicyclic) bond motifs is 3. The van der Waals surface area contributed by atoms with E-state index in [1.165, 1.54) is 22.0 Å². The third-order valence-corrected chi connectivity index (χ3v) is 5.87. The maximum absolute atomic E-state index is 12.5. The van der Waals surface area contributed by atoms with E-state index in [0.717, 1.165) is 26.8 Å². The van der Waals surface area contributed by atoms with Gasteiger partial charge in [-0.3, -0.25) is 9.20 Å². The molecule has 4 aromatic rings. The van der Waals surface area contributed by atoms with Crippen LogP contribution in [0, 0.1) is 13.8 Å². The summed E-state index contributed by atoms with van der Waals surface area (Å²) >= 11 is 3.05. The first-order valence-corrected chi connectivity index (χ1v) is 9.39. The fourth-order valence-corrected chi connectivity index (χ4v) is 4.63. The van der Waals surface area contributed by atoms with E-state index in [-0.39, 0.29) is 5.78 Å². The smallest absolute Gasteiger partial charge is 0.217 e. The van der Waals surface area contributed by atoms with E-state index in [0.29, 0.717) is 5.75 Å². The highest BCUT2D eigenvalue weighted by Crippen LogP contribution is 2.29. The molecule has 24 heavy (non-hydrogen) atoms. The fourth-order valence-electron chi connectivity index (χ4n) is 2.78. The molecule has 0 N–H and O–H groups in total. The molecule has 0 amide bonds. The number of Topliss-reactive ketones (excluding diaryl/α,β-unsaturated/α-hetero) is 1. The third kappa shape index (κ3) is 2.61. The summed E-state index contributed by atoms with van der Waals surface area (Å²) in [6, 6.07) is 14.1. The van der Waals surface area contributed by atoms with Crippen molar-refractivity contribution < 1.29 is 4.79 Å². The zero-order valence-electron chi connectivity index (χ0n) is 13.3. The summed E-state index contributed by atoms with van der Waals surface area (Å²) in [6.07, 6.45) is 0. The number of benzene rings is 2. The quantitative estimate of drug-likeness (QED) is 0.399. The van der Waals surface area contributed by atoms with Crippen molar-refractivity contribution in [3.63, 3.8) is 0 Å². The summed E-state index contributed by atoms with van der Waals surface area (Å²) in [4.78, 5) is 13.4. The number of aryl methyl sites for hydroxylation is 2. The van der Waals surface area contributed by atoms with Crippen LogP contribution in [0.4, 0.5) is 0 Å². The first kappa shape index (κ1) is 15.4. The van der Waals surface area contributed by atoms with E-state index in [4.69, 9.17) is 0 Å². The number of nitrogens with zero attached hydrogens (tertiary/aromatic N) is 3. The Morgan fingerprint density at radius 2 is 2.00 bits per heavy atom. The number of thiazole rings is 1. The van der Waals surface area contributed by atoms with Crippen LogP contribution >= 0.6 is 23.1 Å². The van der Waals surface area contributed by atoms with Crippen molar-refractivity contribution in [2.24, 2.45) is 0 Å². The van der Waals surface area contributed by atoms with Crippen LogP contribution in [0.25, 0.3) is 15.2 Å². The van der Waals surface area contributed by atoms with E-state index < -0.39 is 0 Å². The van der Waals surface area contributed by atoms with Crippen molar-refractivity contribution in [1.29, 1.82) is 0 Å². The number of ketones is 1. The van der Waals surface area contributed by atoms with Gasteiger partial charge in [-0.1, -0.05) is 59.0 Å². The van der Waals surface area contributed by atoms with Crippen molar-refractivity contribution in [1.82, 2.24) is 14.6 Å². The van der Waals surface area contributed by atoms with Crippen LogP contribution in [0.2, 0.25) is 0 Å². The van der Waals surface area contributed by atoms with E-state index >= 15 is 0 Å². The van der Waals surface area contributed by atoms with Gasteiger partial charge in [0.15, 0.2) is 10.9 Å². The van der Waals surface area contributed by atoms with Crippen LogP contribution < -0.4 is 0 Å². The molecule has 2 aromatic carbocycles. The van der Waals surface area contributed by atoms with Crippen molar-refractivity contribution >= 4 is 44.1 Å². The average molecular weight is 353 g/mol. The lowest BCUT2D eigenvalue weighted by Gasteiger charge is -2.05. The highest BCUT2D eigenvalue weighted by molar-refractivity contribution is 7.99. The van der Waals surface area contributed by atoms with Crippen LogP contribution in [0.15, 0.2) is 47.6 Å². The molecule has 0 aliphatic rings. The predicted molar refractivity (Wildman–Crippen MR) is 99.3 cm³/mol. The molecule has 4 nitrogen and oxygen atoms in total. The zero-order valence-corrected chi connectivity index (χ0v) is 14.9. The highest BCUT2D eigenvalue weighted by Gasteiger charge is 2.15. The minimum atomic E-state index is 0.119. The maximum atomic E-state index is 12.5. The second-order valence-electron chi connectivity index (χ2n) is 5.70. The minimum Gasteiger partial charge on any atom is -0.293 e. The number of para-hydroxylation sites is 1. The Bertz CT molecular complexity index is 1060. The van der Waals surface area contributed by atoms with Gasteiger partial charge in [-0.25, -0.2) is 0 Å². The molecule has 0 spiro atoms. The van der Waals surface area contributed by atoms with Gasteiger partial charge >= 0.3 is 0 Å². The zero-order chi connectivity index (χ0) is 16.7. The monoisotopic (exact) mass is 353 g/mol. The summed E-state index contributed by atoms with van der Waals surface area (Å²) in [5.41, 5.74) is 4.06. The SMILES string of the molecule is Cc1ccc(C(=O)CSc2nnc3sc4ccccc4n23)c(C)c1. The molecule has 120 valence electrons. The summed E-state index contributed by atoms with van der Waals surface area (Å²) in [5, 5.41) is 9.24. The Balaban J connectivity index is 1.62. The number of aromatic nitrogens is 3. The third-order valence-electron chi connectivity index (χ3n) is 3.93.